The molecule has 0 fully saturated rings. The summed E-state index contributed by atoms with van der Waals surface area (Å²) in [6, 6.07) is 0. The molecule has 0 aliphatic heterocycles. The van der Waals surface area contributed by atoms with Gasteiger partial charge in [-0.05, 0) is 5.92 Å². The van der Waals surface area contributed by atoms with Crippen LogP contribution in [0.25, 0.3) is 0 Å². The molecule has 0 atom stereocenters. The van der Waals surface area contributed by atoms with E-state index in [0.717, 1.165) is 5.92 Å². The molecular formula is C16H34Pd. The number of rotatable bonds is 12. The van der Waals surface area contributed by atoms with Crippen LogP contribution in [0.4, 0.5) is 0 Å². The summed E-state index contributed by atoms with van der Waals surface area (Å²) in [6.07, 6.45) is 17.5. The third-order valence-electron chi connectivity index (χ3n) is 3.39. The minimum atomic E-state index is 0. The van der Waals surface area contributed by atoms with Crippen molar-refractivity contribution in [3.05, 3.63) is 0 Å². The minimum Gasteiger partial charge on any atom is -0.0654 e. The topological polar surface area (TPSA) is 0 Å². The Hall–Kier alpha value is 0.662. The van der Waals surface area contributed by atoms with Crippen LogP contribution in [0.5, 0.6) is 0 Å². The predicted molar refractivity (Wildman–Crippen MR) is 75.9 cm³/mol. The van der Waals surface area contributed by atoms with Gasteiger partial charge in [0, 0.05) is 20.4 Å². The summed E-state index contributed by atoms with van der Waals surface area (Å²) >= 11 is 0. The molecule has 0 aromatic carbocycles. The first-order chi connectivity index (χ1) is 7.77. The van der Waals surface area contributed by atoms with Crippen LogP contribution in [0.3, 0.4) is 0 Å². The molecule has 0 N–H and O–H groups in total. The number of hydrogen-bond donors (Lipinski definition) is 0. The number of unbranched alkanes of at least 4 members (excludes halogenated alkanes) is 10. The Morgan fingerprint density at radius 1 is 0.588 bits per heavy atom. The van der Waals surface area contributed by atoms with Crippen molar-refractivity contribution in [2.24, 2.45) is 5.92 Å². The van der Waals surface area contributed by atoms with Crippen molar-refractivity contribution >= 4 is 0 Å². The third-order valence-corrected chi connectivity index (χ3v) is 3.39. The Bertz CT molecular complexity index is 121. The van der Waals surface area contributed by atoms with Crippen molar-refractivity contribution < 1.29 is 20.4 Å². The molecule has 0 heterocycles. The van der Waals surface area contributed by atoms with E-state index in [1.165, 1.54) is 77.0 Å². The van der Waals surface area contributed by atoms with E-state index in [1.807, 2.05) is 0 Å². The SMILES string of the molecule is CCCCCCCCCCCCCC(C)C.[Pd]. The first-order valence-corrected chi connectivity index (χ1v) is 7.77. The maximum atomic E-state index is 2.33. The Balaban J connectivity index is 0. The molecule has 17 heavy (non-hydrogen) atoms. The molecule has 0 amide bonds. The van der Waals surface area contributed by atoms with Crippen LogP contribution < -0.4 is 0 Å². The zero-order chi connectivity index (χ0) is 12.1. The van der Waals surface area contributed by atoms with Gasteiger partial charge >= 0.3 is 0 Å². The first kappa shape index (κ1) is 20.0. The maximum absolute atomic E-state index is 2.33. The molecule has 0 aliphatic carbocycles. The minimum absolute atomic E-state index is 0. The van der Waals surface area contributed by atoms with Gasteiger partial charge in [-0.25, -0.2) is 0 Å². The van der Waals surface area contributed by atoms with Crippen molar-refractivity contribution in [1.82, 2.24) is 0 Å². The van der Waals surface area contributed by atoms with E-state index in [-0.39, 0.29) is 20.4 Å². The fourth-order valence-electron chi connectivity index (χ4n) is 2.22. The Morgan fingerprint density at radius 2 is 0.941 bits per heavy atom. The van der Waals surface area contributed by atoms with Crippen LogP contribution in [0.15, 0.2) is 0 Å². The largest absolute Gasteiger partial charge is 0.0654 e. The zero-order valence-electron chi connectivity index (χ0n) is 12.4. The Kier molecular flexibility index (Phi) is 19.6. The molecule has 0 saturated heterocycles. The number of hydrogen-bond acceptors (Lipinski definition) is 0. The maximum Gasteiger partial charge on any atom is 0 e. The van der Waals surface area contributed by atoms with E-state index in [9.17, 15) is 0 Å². The van der Waals surface area contributed by atoms with Crippen LogP contribution in [-0.2, 0) is 20.4 Å². The van der Waals surface area contributed by atoms with Gasteiger partial charge in [-0.3, -0.25) is 0 Å². The summed E-state index contributed by atoms with van der Waals surface area (Å²) < 4.78 is 0. The normalized spacial score (nSPS) is 10.6. The second-order valence-corrected chi connectivity index (χ2v) is 5.72. The Labute approximate surface area is 124 Å². The summed E-state index contributed by atoms with van der Waals surface area (Å²) in [6.45, 7) is 6.95. The van der Waals surface area contributed by atoms with Crippen LogP contribution in [0.2, 0.25) is 0 Å². The van der Waals surface area contributed by atoms with E-state index in [4.69, 9.17) is 0 Å². The van der Waals surface area contributed by atoms with Crippen molar-refractivity contribution in [1.29, 1.82) is 0 Å². The molecular weight excluding hydrogens is 299 g/mol. The van der Waals surface area contributed by atoms with Gasteiger partial charge in [0.2, 0.25) is 0 Å². The smallest absolute Gasteiger partial charge is 0 e. The molecule has 0 radical (unpaired) electrons. The molecule has 0 nitrogen and oxygen atoms in total. The first-order valence-electron chi connectivity index (χ1n) is 7.77. The van der Waals surface area contributed by atoms with E-state index in [1.54, 1.807) is 0 Å². The molecule has 0 spiro atoms. The monoisotopic (exact) mass is 332 g/mol. The third kappa shape index (κ3) is 19.2. The van der Waals surface area contributed by atoms with E-state index < -0.39 is 0 Å². The molecule has 1 heteroatoms. The van der Waals surface area contributed by atoms with Gasteiger partial charge in [-0.15, -0.1) is 0 Å². The molecule has 0 aromatic rings. The summed E-state index contributed by atoms with van der Waals surface area (Å²) in [7, 11) is 0. The van der Waals surface area contributed by atoms with Gasteiger partial charge in [-0.1, -0.05) is 97.8 Å². The molecule has 0 aromatic heterocycles. The Morgan fingerprint density at radius 3 is 1.29 bits per heavy atom. The standard InChI is InChI=1S/C16H34.Pd/c1-4-5-6-7-8-9-10-11-12-13-14-15-16(2)3;/h16H,4-15H2,1-3H3;. The van der Waals surface area contributed by atoms with E-state index in [2.05, 4.69) is 20.8 Å². The van der Waals surface area contributed by atoms with Gasteiger partial charge in [0.1, 0.15) is 0 Å². The molecule has 108 valence electrons. The molecule has 0 unspecified atom stereocenters. The summed E-state index contributed by atoms with van der Waals surface area (Å²) in [5, 5.41) is 0. The van der Waals surface area contributed by atoms with Crippen molar-refractivity contribution in [3.8, 4) is 0 Å². The predicted octanol–water partition coefficient (Wildman–Crippen LogP) is 6.34. The average Bonchev–Trinajstić information content (AvgIpc) is 2.25. The van der Waals surface area contributed by atoms with Crippen molar-refractivity contribution in [2.75, 3.05) is 0 Å². The second kappa shape index (κ2) is 16.7. The quantitative estimate of drug-likeness (QED) is 0.289. The van der Waals surface area contributed by atoms with Crippen LogP contribution >= 0.6 is 0 Å². The summed E-state index contributed by atoms with van der Waals surface area (Å²) in [5.74, 6) is 0.901. The van der Waals surface area contributed by atoms with Crippen LogP contribution in [0, 0.1) is 5.92 Å². The van der Waals surface area contributed by atoms with Crippen molar-refractivity contribution in [2.45, 2.75) is 97.8 Å². The van der Waals surface area contributed by atoms with Crippen molar-refractivity contribution in [3.63, 3.8) is 0 Å². The van der Waals surface area contributed by atoms with Gasteiger partial charge in [-0.2, -0.15) is 0 Å². The van der Waals surface area contributed by atoms with Crippen LogP contribution in [-0.4, -0.2) is 0 Å². The summed E-state index contributed by atoms with van der Waals surface area (Å²) in [4.78, 5) is 0. The van der Waals surface area contributed by atoms with E-state index in [0.29, 0.717) is 0 Å². The zero-order valence-corrected chi connectivity index (χ0v) is 13.9. The van der Waals surface area contributed by atoms with Gasteiger partial charge < -0.3 is 0 Å². The summed E-state index contributed by atoms with van der Waals surface area (Å²) in [5.41, 5.74) is 0. The van der Waals surface area contributed by atoms with Gasteiger partial charge in [0.05, 0.1) is 0 Å². The average molecular weight is 333 g/mol. The van der Waals surface area contributed by atoms with Gasteiger partial charge in [0.25, 0.3) is 0 Å². The molecule has 0 bridgehead atoms. The van der Waals surface area contributed by atoms with Gasteiger partial charge in [0.15, 0.2) is 0 Å². The molecule has 0 aliphatic rings. The van der Waals surface area contributed by atoms with Crippen LogP contribution in [0.1, 0.15) is 97.8 Å². The fraction of sp³-hybridized carbons (Fsp3) is 1.00. The molecule has 0 rings (SSSR count). The molecule has 0 saturated carbocycles. The van der Waals surface area contributed by atoms with E-state index >= 15 is 0 Å². The fourth-order valence-corrected chi connectivity index (χ4v) is 2.22. The second-order valence-electron chi connectivity index (χ2n) is 5.72.